The maximum absolute atomic E-state index is 9.70. The Morgan fingerprint density at radius 2 is 1.95 bits per heavy atom. The highest BCUT2D eigenvalue weighted by Gasteiger charge is 2.17. The van der Waals surface area contributed by atoms with Gasteiger partial charge in [0.05, 0.1) is 16.1 Å². The van der Waals surface area contributed by atoms with Crippen LogP contribution in [0.4, 0.5) is 0 Å². The van der Waals surface area contributed by atoms with Gasteiger partial charge in [-0.25, -0.2) is 4.98 Å². The molecule has 0 bridgehead atoms. The number of hydrogen-bond donors (Lipinski definition) is 1. The lowest BCUT2D eigenvalue weighted by atomic mass is 10.1. The van der Waals surface area contributed by atoms with Crippen LogP contribution in [0.3, 0.4) is 0 Å². The van der Waals surface area contributed by atoms with Gasteiger partial charge in [0.25, 0.3) is 0 Å². The number of para-hydroxylation sites is 1. The molecule has 3 nitrogen and oxygen atoms in total. The maximum atomic E-state index is 9.70. The molecule has 0 aliphatic carbocycles. The van der Waals surface area contributed by atoms with E-state index in [4.69, 9.17) is 16.6 Å². The fraction of sp³-hybridized carbons (Fsp3) is 0.235. The normalized spacial score (nSPS) is 11.5. The van der Waals surface area contributed by atoms with Crippen LogP contribution in [0.15, 0.2) is 36.4 Å². The molecule has 0 unspecified atom stereocenters. The summed E-state index contributed by atoms with van der Waals surface area (Å²) in [6.45, 7) is 6.11. The minimum atomic E-state index is 0.235. The Hall–Kier alpha value is -2.00. The number of phenolic OH excluding ortho intramolecular Hbond substituents is 1. The van der Waals surface area contributed by atoms with Crippen molar-refractivity contribution in [3.8, 4) is 17.1 Å². The van der Waals surface area contributed by atoms with E-state index >= 15 is 0 Å². The van der Waals surface area contributed by atoms with E-state index in [0.717, 1.165) is 28.0 Å². The summed E-state index contributed by atoms with van der Waals surface area (Å²) in [6, 6.07) is 11.5. The third-order valence-corrected chi connectivity index (χ3v) is 3.94. The van der Waals surface area contributed by atoms with Crippen molar-refractivity contribution in [2.75, 3.05) is 0 Å². The summed E-state index contributed by atoms with van der Waals surface area (Å²) in [5, 5.41) is 10.4. The topological polar surface area (TPSA) is 38.0 Å². The van der Waals surface area contributed by atoms with Crippen molar-refractivity contribution in [3.05, 3.63) is 47.0 Å². The van der Waals surface area contributed by atoms with Gasteiger partial charge >= 0.3 is 0 Å². The number of aromatic nitrogens is 2. The molecule has 0 saturated carbocycles. The van der Waals surface area contributed by atoms with Crippen LogP contribution in [0.25, 0.3) is 22.4 Å². The number of phenols is 1. The fourth-order valence-electron chi connectivity index (χ4n) is 2.61. The molecule has 3 aromatic rings. The van der Waals surface area contributed by atoms with E-state index in [-0.39, 0.29) is 6.04 Å². The van der Waals surface area contributed by atoms with Crippen LogP contribution >= 0.6 is 11.6 Å². The van der Waals surface area contributed by atoms with E-state index in [1.807, 2.05) is 37.3 Å². The number of fused-ring (bicyclic) bond motifs is 1. The first kappa shape index (κ1) is 14.0. The zero-order valence-corrected chi connectivity index (χ0v) is 13.0. The quantitative estimate of drug-likeness (QED) is 0.727. The molecule has 0 spiro atoms. The van der Waals surface area contributed by atoms with Gasteiger partial charge in [-0.15, -0.1) is 0 Å². The van der Waals surface area contributed by atoms with Gasteiger partial charge in [-0.1, -0.05) is 17.7 Å². The van der Waals surface area contributed by atoms with Crippen molar-refractivity contribution in [2.24, 2.45) is 0 Å². The summed E-state index contributed by atoms with van der Waals surface area (Å²) in [6.07, 6.45) is 0. The second kappa shape index (κ2) is 5.08. The fourth-order valence-corrected chi connectivity index (χ4v) is 2.87. The molecule has 0 radical (unpaired) electrons. The van der Waals surface area contributed by atoms with Gasteiger partial charge in [0.2, 0.25) is 0 Å². The zero-order chi connectivity index (χ0) is 15.1. The van der Waals surface area contributed by atoms with E-state index in [1.165, 1.54) is 0 Å². The zero-order valence-electron chi connectivity index (χ0n) is 12.3. The van der Waals surface area contributed by atoms with Gasteiger partial charge in [0, 0.05) is 11.6 Å². The van der Waals surface area contributed by atoms with Gasteiger partial charge in [0.15, 0.2) is 0 Å². The number of rotatable bonds is 2. The molecule has 0 aliphatic heterocycles. The van der Waals surface area contributed by atoms with Crippen LogP contribution in [0.2, 0.25) is 5.02 Å². The summed E-state index contributed by atoms with van der Waals surface area (Å²) in [7, 11) is 0. The van der Waals surface area contributed by atoms with E-state index in [9.17, 15) is 5.11 Å². The lowest BCUT2D eigenvalue weighted by molar-refractivity contribution is 0.471. The number of hydrogen-bond acceptors (Lipinski definition) is 2. The van der Waals surface area contributed by atoms with Gasteiger partial charge in [0.1, 0.15) is 11.6 Å². The molecule has 0 fully saturated rings. The van der Waals surface area contributed by atoms with Crippen molar-refractivity contribution in [3.63, 3.8) is 0 Å². The molecule has 108 valence electrons. The molecule has 0 atom stereocenters. The first-order chi connectivity index (χ1) is 9.99. The van der Waals surface area contributed by atoms with Gasteiger partial charge in [-0.3, -0.25) is 0 Å². The molecule has 1 heterocycles. The molecule has 1 aromatic heterocycles. The molecule has 0 amide bonds. The monoisotopic (exact) mass is 300 g/mol. The summed E-state index contributed by atoms with van der Waals surface area (Å²) >= 11 is 6.36. The number of nitrogens with zero attached hydrogens (tertiary/aromatic N) is 2. The molecule has 4 heteroatoms. The minimum absolute atomic E-state index is 0.235. The second-order valence-corrected chi connectivity index (χ2v) is 5.92. The average Bonchev–Trinajstić information content (AvgIpc) is 2.83. The van der Waals surface area contributed by atoms with Crippen LogP contribution in [0, 0.1) is 6.92 Å². The third-order valence-electron chi connectivity index (χ3n) is 3.63. The first-order valence-electron chi connectivity index (χ1n) is 6.95. The number of benzene rings is 2. The average molecular weight is 301 g/mol. The minimum Gasteiger partial charge on any atom is -0.508 e. The van der Waals surface area contributed by atoms with E-state index < -0.39 is 0 Å². The summed E-state index contributed by atoms with van der Waals surface area (Å²) < 4.78 is 2.14. The molecular weight excluding hydrogens is 284 g/mol. The summed E-state index contributed by atoms with van der Waals surface area (Å²) in [5.74, 6) is 1.17. The van der Waals surface area contributed by atoms with Crippen molar-refractivity contribution in [2.45, 2.75) is 26.8 Å². The highest BCUT2D eigenvalue weighted by Crippen LogP contribution is 2.33. The highest BCUT2D eigenvalue weighted by atomic mass is 35.5. The van der Waals surface area contributed by atoms with Crippen LogP contribution in [-0.4, -0.2) is 14.7 Å². The molecule has 0 aliphatic rings. The van der Waals surface area contributed by atoms with Gasteiger partial charge < -0.3 is 9.67 Å². The van der Waals surface area contributed by atoms with E-state index in [2.05, 4.69) is 18.4 Å². The Morgan fingerprint density at radius 1 is 1.19 bits per heavy atom. The largest absolute Gasteiger partial charge is 0.508 e. The molecule has 21 heavy (non-hydrogen) atoms. The Kier molecular flexibility index (Phi) is 3.38. The van der Waals surface area contributed by atoms with Crippen LogP contribution in [-0.2, 0) is 0 Å². The number of halogens is 1. The van der Waals surface area contributed by atoms with Crippen molar-refractivity contribution >= 4 is 22.6 Å². The lowest BCUT2D eigenvalue weighted by Gasteiger charge is -2.14. The molecular formula is C17H17ClN2O. The molecule has 3 rings (SSSR count). The Balaban J connectivity index is 2.34. The molecule has 2 aromatic carbocycles. The number of aryl methyl sites for hydroxylation is 1. The van der Waals surface area contributed by atoms with Gasteiger partial charge in [-0.2, -0.15) is 0 Å². The van der Waals surface area contributed by atoms with Crippen LogP contribution < -0.4 is 0 Å². The van der Waals surface area contributed by atoms with Crippen LogP contribution in [0.1, 0.15) is 25.5 Å². The SMILES string of the molecule is Cc1cc(-c2nc3cccc(Cl)c3n2C(C)C)ccc1O. The number of aromatic hydroxyl groups is 1. The van der Waals surface area contributed by atoms with E-state index in [1.54, 1.807) is 6.07 Å². The predicted octanol–water partition coefficient (Wildman–Crippen LogP) is 4.95. The Bertz CT molecular complexity index is 821. The highest BCUT2D eigenvalue weighted by molar-refractivity contribution is 6.35. The molecule has 1 N–H and O–H groups in total. The first-order valence-corrected chi connectivity index (χ1v) is 7.33. The number of imidazole rings is 1. The van der Waals surface area contributed by atoms with Gasteiger partial charge in [-0.05, 0) is 56.7 Å². The summed E-state index contributed by atoms with van der Waals surface area (Å²) in [5.41, 5.74) is 3.65. The van der Waals surface area contributed by atoms with Crippen molar-refractivity contribution in [1.29, 1.82) is 0 Å². The lowest BCUT2D eigenvalue weighted by Crippen LogP contribution is -2.03. The van der Waals surface area contributed by atoms with Crippen molar-refractivity contribution in [1.82, 2.24) is 9.55 Å². The predicted molar refractivity (Wildman–Crippen MR) is 87.0 cm³/mol. The smallest absolute Gasteiger partial charge is 0.141 e. The third kappa shape index (κ3) is 2.28. The standard InChI is InChI=1S/C17H17ClN2O/c1-10(2)20-16-13(18)5-4-6-14(16)19-17(20)12-7-8-15(21)11(3)9-12/h4-10,21H,1-3H3. The second-order valence-electron chi connectivity index (χ2n) is 5.51. The Labute approximate surface area is 128 Å². The Morgan fingerprint density at radius 3 is 2.62 bits per heavy atom. The van der Waals surface area contributed by atoms with Crippen LogP contribution in [0.5, 0.6) is 5.75 Å². The van der Waals surface area contributed by atoms with E-state index in [0.29, 0.717) is 10.8 Å². The maximum Gasteiger partial charge on any atom is 0.141 e. The molecule has 0 saturated heterocycles. The summed E-state index contributed by atoms with van der Waals surface area (Å²) in [4.78, 5) is 4.73. The van der Waals surface area contributed by atoms with Crippen molar-refractivity contribution < 1.29 is 5.11 Å².